The number of hydrogen-bond donors (Lipinski definition) is 0. The van der Waals surface area contributed by atoms with Crippen LogP contribution >= 0.6 is 0 Å². The zero-order valence-corrected chi connectivity index (χ0v) is 10.8. The average molecular weight is 258 g/mol. The van der Waals surface area contributed by atoms with Crippen LogP contribution in [-0.2, 0) is 4.74 Å². The van der Waals surface area contributed by atoms with Crippen molar-refractivity contribution in [3.8, 4) is 5.75 Å². The third-order valence-corrected chi connectivity index (χ3v) is 2.62. The molecule has 0 unspecified atom stereocenters. The number of carbonyl (C=O) groups is 1. The zero-order chi connectivity index (χ0) is 13.7. The molecule has 0 radical (unpaired) electrons. The monoisotopic (exact) mass is 258 g/mol. The molecular formula is C15H14O4. The minimum Gasteiger partial charge on any atom is -0.497 e. The molecule has 0 amide bonds. The van der Waals surface area contributed by atoms with Gasteiger partial charge in [0.25, 0.3) is 0 Å². The van der Waals surface area contributed by atoms with Crippen molar-refractivity contribution in [1.29, 1.82) is 0 Å². The van der Waals surface area contributed by atoms with Crippen LogP contribution in [0.5, 0.6) is 5.75 Å². The van der Waals surface area contributed by atoms with Gasteiger partial charge in [-0.2, -0.15) is 0 Å². The predicted molar refractivity (Wildman–Crippen MR) is 72.0 cm³/mol. The van der Waals surface area contributed by atoms with E-state index < -0.39 is 5.97 Å². The van der Waals surface area contributed by atoms with Gasteiger partial charge in [-0.05, 0) is 29.8 Å². The van der Waals surface area contributed by atoms with Crippen LogP contribution < -0.4 is 4.74 Å². The lowest BCUT2D eigenvalue weighted by atomic mass is 10.1. The Morgan fingerprint density at radius 1 is 1.21 bits per heavy atom. The predicted octanol–water partition coefficient (Wildman–Crippen LogP) is 3.25. The summed E-state index contributed by atoms with van der Waals surface area (Å²) in [5.74, 6) is 0.823. The standard InChI is InChI=1S/C15H14O4/c1-17-12-5-3-4-11(10-12)6-7-14-13(8-9-19-14)15(16)18-2/h3-10H,1-2H3. The fourth-order valence-corrected chi connectivity index (χ4v) is 1.65. The number of furan rings is 1. The van der Waals surface area contributed by atoms with E-state index in [4.69, 9.17) is 9.15 Å². The second-order valence-electron chi connectivity index (χ2n) is 3.80. The van der Waals surface area contributed by atoms with E-state index in [1.165, 1.54) is 13.4 Å². The SMILES string of the molecule is COC(=O)c1ccoc1C=Cc1cccc(OC)c1. The van der Waals surface area contributed by atoms with E-state index >= 15 is 0 Å². The van der Waals surface area contributed by atoms with Gasteiger partial charge in [0.05, 0.1) is 20.5 Å². The molecule has 1 aromatic heterocycles. The van der Waals surface area contributed by atoms with E-state index in [0.717, 1.165) is 11.3 Å². The van der Waals surface area contributed by atoms with Gasteiger partial charge in [0.1, 0.15) is 17.1 Å². The first-order valence-corrected chi connectivity index (χ1v) is 5.72. The molecule has 0 aliphatic carbocycles. The van der Waals surface area contributed by atoms with Crippen LogP contribution in [0, 0.1) is 0 Å². The van der Waals surface area contributed by atoms with Crippen LogP contribution in [0.15, 0.2) is 41.0 Å². The van der Waals surface area contributed by atoms with Crippen molar-refractivity contribution in [1.82, 2.24) is 0 Å². The molecule has 0 fully saturated rings. The fraction of sp³-hybridized carbons (Fsp3) is 0.133. The van der Waals surface area contributed by atoms with Gasteiger partial charge in [0.2, 0.25) is 0 Å². The second kappa shape index (κ2) is 5.91. The van der Waals surface area contributed by atoms with Gasteiger partial charge < -0.3 is 13.9 Å². The largest absolute Gasteiger partial charge is 0.497 e. The summed E-state index contributed by atoms with van der Waals surface area (Å²) in [5, 5.41) is 0. The third-order valence-electron chi connectivity index (χ3n) is 2.62. The Hall–Kier alpha value is -2.49. The lowest BCUT2D eigenvalue weighted by molar-refractivity contribution is 0.0599. The van der Waals surface area contributed by atoms with Crippen molar-refractivity contribution in [2.45, 2.75) is 0 Å². The smallest absolute Gasteiger partial charge is 0.341 e. The van der Waals surface area contributed by atoms with Crippen LogP contribution in [0.4, 0.5) is 0 Å². The van der Waals surface area contributed by atoms with E-state index in [2.05, 4.69) is 4.74 Å². The maximum Gasteiger partial charge on any atom is 0.341 e. The molecule has 1 aromatic carbocycles. The normalized spacial score (nSPS) is 10.6. The number of benzene rings is 1. The lowest BCUT2D eigenvalue weighted by Crippen LogP contribution is -2.00. The molecule has 0 spiro atoms. The average Bonchev–Trinajstić information content (AvgIpc) is 2.93. The molecule has 0 N–H and O–H groups in total. The number of methoxy groups -OCH3 is 2. The van der Waals surface area contributed by atoms with E-state index in [9.17, 15) is 4.79 Å². The molecule has 98 valence electrons. The number of hydrogen-bond acceptors (Lipinski definition) is 4. The highest BCUT2D eigenvalue weighted by Gasteiger charge is 2.12. The Bertz CT molecular complexity index is 596. The number of rotatable bonds is 4. The van der Waals surface area contributed by atoms with Crippen molar-refractivity contribution in [3.63, 3.8) is 0 Å². The first-order chi connectivity index (χ1) is 9.24. The van der Waals surface area contributed by atoms with Crippen LogP contribution in [0.1, 0.15) is 21.7 Å². The maximum absolute atomic E-state index is 11.5. The Kier molecular flexibility index (Phi) is 4.03. The van der Waals surface area contributed by atoms with Gasteiger partial charge in [-0.3, -0.25) is 0 Å². The highest BCUT2D eigenvalue weighted by Crippen LogP contribution is 2.18. The highest BCUT2D eigenvalue weighted by molar-refractivity contribution is 5.93. The summed E-state index contributed by atoms with van der Waals surface area (Å²) in [6.07, 6.45) is 5.02. The molecule has 1 heterocycles. The van der Waals surface area contributed by atoms with E-state index in [1.807, 2.05) is 30.3 Å². The summed E-state index contributed by atoms with van der Waals surface area (Å²) in [4.78, 5) is 11.5. The molecule has 2 aromatic rings. The van der Waals surface area contributed by atoms with Crippen molar-refractivity contribution in [3.05, 3.63) is 53.5 Å². The van der Waals surface area contributed by atoms with Crippen LogP contribution in [0.25, 0.3) is 12.2 Å². The molecule has 0 aliphatic rings. The molecule has 0 aliphatic heterocycles. The van der Waals surface area contributed by atoms with Gasteiger partial charge in [-0.15, -0.1) is 0 Å². The Labute approximate surface area is 111 Å². The summed E-state index contributed by atoms with van der Waals surface area (Å²) >= 11 is 0. The Morgan fingerprint density at radius 2 is 2.05 bits per heavy atom. The Morgan fingerprint density at radius 3 is 2.79 bits per heavy atom. The topological polar surface area (TPSA) is 48.7 Å². The van der Waals surface area contributed by atoms with Crippen molar-refractivity contribution in [2.75, 3.05) is 14.2 Å². The quantitative estimate of drug-likeness (QED) is 0.790. The third kappa shape index (κ3) is 3.04. The molecular weight excluding hydrogens is 244 g/mol. The summed E-state index contributed by atoms with van der Waals surface area (Å²) in [6.45, 7) is 0. The lowest BCUT2D eigenvalue weighted by Gasteiger charge is -2.00. The summed E-state index contributed by atoms with van der Waals surface area (Å²) in [5.41, 5.74) is 1.35. The molecule has 19 heavy (non-hydrogen) atoms. The number of ether oxygens (including phenoxy) is 2. The maximum atomic E-state index is 11.5. The van der Waals surface area contributed by atoms with Crippen LogP contribution in [0.3, 0.4) is 0 Å². The summed E-state index contributed by atoms with van der Waals surface area (Å²) in [7, 11) is 2.95. The van der Waals surface area contributed by atoms with Gasteiger partial charge >= 0.3 is 5.97 Å². The summed E-state index contributed by atoms with van der Waals surface area (Å²) < 4.78 is 15.1. The van der Waals surface area contributed by atoms with Crippen LogP contribution in [-0.4, -0.2) is 20.2 Å². The van der Waals surface area contributed by atoms with Gasteiger partial charge in [0, 0.05) is 0 Å². The molecule has 4 nitrogen and oxygen atoms in total. The van der Waals surface area contributed by atoms with Gasteiger partial charge in [0.15, 0.2) is 0 Å². The minimum absolute atomic E-state index is 0.404. The molecule has 0 saturated carbocycles. The van der Waals surface area contributed by atoms with E-state index in [-0.39, 0.29) is 0 Å². The molecule has 0 saturated heterocycles. The second-order valence-corrected chi connectivity index (χ2v) is 3.80. The molecule has 2 rings (SSSR count). The Balaban J connectivity index is 2.23. The van der Waals surface area contributed by atoms with Crippen molar-refractivity contribution in [2.24, 2.45) is 0 Å². The first-order valence-electron chi connectivity index (χ1n) is 5.72. The summed E-state index contributed by atoms with van der Waals surface area (Å²) in [6, 6.07) is 9.15. The van der Waals surface area contributed by atoms with Crippen molar-refractivity contribution >= 4 is 18.1 Å². The molecule has 4 heteroatoms. The van der Waals surface area contributed by atoms with Crippen molar-refractivity contribution < 1.29 is 18.7 Å². The number of carbonyl (C=O) groups excluding carboxylic acids is 1. The minimum atomic E-state index is -0.418. The highest BCUT2D eigenvalue weighted by atomic mass is 16.5. The van der Waals surface area contributed by atoms with Gasteiger partial charge in [-0.25, -0.2) is 4.79 Å². The first kappa shape index (κ1) is 13.0. The fourth-order valence-electron chi connectivity index (χ4n) is 1.65. The number of esters is 1. The van der Waals surface area contributed by atoms with E-state index in [1.54, 1.807) is 19.3 Å². The zero-order valence-electron chi connectivity index (χ0n) is 10.8. The molecule has 0 bridgehead atoms. The van der Waals surface area contributed by atoms with Crippen LogP contribution in [0.2, 0.25) is 0 Å². The molecule has 0 atom stereocenters. The van der Waals surface area contributed by atoms with Gasteiger partial charge in [-0.1, -0.05) is 18.2 Å². The van der Waals surface area contributed by atoms with E-state index in [0.29, 0.717) is 11.3 Å².